The fourth-order valence-electron chi connectivity index (χ4n) is 1.34. The summed E-state index contributed by atoms with van der Waals surface area (Å²) >= 11 is 4.88. The van der Waals surface area contributed by atoms with Crippen LogP contribution >= 0.6 is 12.2 Å². The molecule has 0 nitrogen and oxygen atoms in total. The van der Waals surface area contributed by atoms with E-state index in [1.165, 1.54) is 24.8 Å². The maximum Gasteiger partial charge on any atom is -0.0157 e. The molecule has 1 heteroatoms. The van der Waals surface area contributed by atoms with Crippen LogP contribution in [0.5, 0.6) is 0 Å². The van der Waals surface area contributed by atoms with E-state index in [-0.39, 0.29) is 0 Å². The van der Waals surface area contributed by atoms with Crippen molar-refractivity contribution < 1.29 is 0 Å². The fraction of sp³-hybridized carbons (Fsp3) is 0.417. The third kappa shape index (κ3) is 4.18. The summed E-state index contributed by atoms with van der Waals surface area (Å²) in [5, 5.41) is 1.87. The molecular weight excluding hydrogens is 176 g/mol. The van der Waals surface area contributed by atoms with E-state index in [0.717, 1.165) is 0 Å². The lowest BCUT2D eigenvalue weighted by molar-refractivity contribution is 0.647. The normalized spacial score (nSPS) is 12.4. The lowest BCUT2D eigenvalue weighted by atomic mass is 10.0. The van der Waals surface area contributed by atoms with Crippen LogP contribution in [-0.4, -0.2) is 5.37 Å². The zero-order chi connectivity index (χ0) is 9.52. The van der Waals surface area contributed by atoms with Crippen LogP contribution in [0.15, 0.2) is 30.3 Å². The van der Waals surface area contributed by atoms with Gasteiger partial charge in [-0.25, -0.2) is 0 Å². The van der Waals surface area contributed by atoms with Crippen LogP contribution in [0, 0.1) is 5.92 Å². The van der Waals surface area contributed by atoms with Crippen LogP contribution in [0.1, 0.15) is 25.3 Å². The number of benzene rings is 1. The highest BCUT2D eigenvalue weighted by atomic mass is 32.1. The Balaban J connectivity index is 2.24. The lowest BCUT2D eigenvalue weighted by Gasteiger charge is -2.04. The zero-order valence-corrected chi connectivity index (χ0v) is 8.89. The molecule has 1 aromatic rings. The quantitative estimate of drug-likeness (QED) is 0.642. The molecule has 0 spiro atoms. The van der Waals surface area contributed by atoms with Gasteiger partial charge in [0, 0.05) is 0 Å². The summed E-state index contributed by atoms with van der Waals surface area (Å²) in [4.78, 5) is 0. The van der Waals surface area contributed by atoms with Crippen LogP contribution in [-0.2, 0) is 6.42 Å². The minimum absolute atomic E-state index is 0.582. The number of rotatable bonds is 5. The summed E-state index contributed by atoms with van der Waals surface area (Å²) in [6, 6.07) is 10.6. The third-order valence-electron chi connectivity index (χ3n) is 2.20. The van der Waals surface area contributed by atoms with Gasteiger partial charge in [-0.05, 0) is 36.1 Å². The Labute approximate surface area is 86.0 Å². The Morgan fingerprint density at radius 1 is 1.31 bits per heavy atom. The van der Waals surface area contributed by atoms with Crippen molar-refractivity contribution in [1.29, 1.82) is 0 Å². The molecule has 0 aliphatic heterocycles. The molecule has 0 saturated carbocycles. The van der Waals surface area contributed by atoms with Crippen molar-refractivity contribution in [2.75, 3.05) is 0 Å². The highest BCUT2D eigenvalue weighted by Gasteiger charge is 1.97. The third-order valence-corrected chi connectivity index (χ3v) is 2.66. The molecule has 0 aliphatic rings. The first-order chi connectivity index (χ1) is 6.33. The molecule has 1 atom stereocenters. The van der Waals surface area contributed by atoms with Crippen LogP contribution < -0.4 is 0 Å². The van der Waals surface area contributed by atoms with E-state index in [1.807, 2.05) is 5.37 Å². The molecule has 0 bridgehead atoms. The van der Waals surface area contributed by atoms with E-state index < -0.39 is 0 Å². The van der Waals surface area contributed by atoms with Gasteiger partial charge in [0.2, 0.25) is 0 Å². The second-order valence-corrected chi connectivity index (χ2v) is 3.76. The molecule has 1 aromatic carbocycles. The van der Waals surface area contributed by atoms with Crippen molar-refractivity contribution in [2.45, 2.75) is 26.2 Å². The van der Waals surface area contributed by atoms with Gasteiger partial charge in [-0.1, -0.05) is 49.5 Å². The van der Waals surface area contributed by atoms with Gasteiger partial charge in [-0.2, -0.15) is 0 Å². The van der Waals surface area contributed by atoms with E-state index in [4.69, 9.17) is 12.2 Å². The molecule has 1 unspecified atom stereocenters. The molecule has 0 radical (unpaired) electrons. The highest BCUT2D eigenvalue weighted by Crippen LogP contribution is 2.08. The maximum absolute atomic E-state index is 4.88. The molecule has 0 aromatic heterocycles. The van der Waals surface area contributed by atoms with Gasteiger partial charge >= 0.3 is 0 Å². The van der Waals surface area contributed by atoms with Crippen LogP contribution in [0.2, 0.25) is 0 Å². The monoisotopic (exact) mass is 192 g/mol. The van der Waals surface area contributed by atoms with Crippen LogP contribution in [0.4, 0.5) is 0 Å². The molecule has 0 heterocycles. The van der Waals surface area contributed by atoms with Crippen LogP contribution in [0.3, 0.4) is 0 Å². The van der Waals surface area contributed by atoms with Crippen molar-refractivity contribution in [1.82, 2.24) is 0 Å². The number of thiocarbonyl (C=S) groups is 1. The van der Waals surface area contributed by atoms with Gasteiger partial charge in [0.05, 0.1) is 0 Å². The fourth-order valence-corrected chi connectivity index (χ4v) is 1.48. The van der Waals surface area contributed by atoms with Crippen molar-refractivity contribution in [3.05, 3.63) is 35.9 Å². The molecule has 1 rings (SSSR count). The van der Waals surface area contributed by atoms with Crippen molar-refractivity contribution in [3.63, 3.8) is 0 Å². The molecule has 0 aliphatic carbocycles. The van der Waals surface area contributed by atoms with Crippen molar-refractivity contribution in [3.8, 4) is 0 Å². The largest absolute Gasteiger partial charge is 0.0932 e. The minimum Gasteiger partial charge on any atom is -0.0932 e. The molecule has 0 amide bonds. The van der Waals surface area contributed by atoms with Crippen LogP contribution in [0.25, 0.3) is 0 Å². The topological polar surface area (TPSA) is 0 Å². The average molecular weight is 192 g/mol. The summed E-state index contributed by atoms with van der Waals surface area (Å²) in [5.41, 5.74) is 1.43. The first-order valence-electron chi connectivity index (χ1n) is 4.82. The number of aryl methyl sites for hydroxylation is 1. The predicted octanol–water partition coefficient (Wildman–Crippen LogP) is 3.65. The van der Waals surface area contributed by atoms with E-state index in [1.54, 1.807) is 0 Å². The molecule has 0 fully saturated rings. The smallest absolute Gasteiger partial charge is 0.0157 e. The summed E-state index contributed by atoms with van der Waals surface area (Å²) in [6.45, 7) is 2.18. The Bertz CT molecular complexity index is 241. The van der Waals surface area contributed by atoms with E-state index in [0.29, 0.717) is 5.92 Å². The average Bonchev–Trinajstić information content (AvgIpc) is 2.19. The van der Waals surface area contributed by atoms with E-state index >= 15 is 0 Å². The van der Waals surface area contributed by atoms with Gasteiger partial charge in [0.15, 0.2) is 0 Å². The first-order valence-corrected chi connectivity index (χ1v) is 5.29. The zero-order valence-electron chi connectivity index (χ0n) is 8.07. The summed E-state index contributed by atoms with van der Waals surface area (Å²) < 4.78 is 0. The van der Waals surface area contributed by atoms with Crippen molar-refractivity contribution >= 4 is 17.6 Å². The first kappa shape index (κ1) is 10.4. The Morgan fingerprint density at radius 2 is 2.00 bits per heavy atom. The molecule has 13 heavy (non-hydrogen) atoms. The second kappa shape index (κ2) is 5.87. The predicted molar refractivity (Wildman–Crippen MR) is 62.2 cm³/mol. The summed E-state index contributed by atoms with van der Waals surface area (Å²) in [7, 11) is 0. The van der Waals surface area contributed by atoms with Crippen molar-refractivity contribution in [2.24, 2.45) is 5.92 Å². The Hall–Kier alpha value is -0.690. The van der Waals surface area contributed by atoms with Gasteiger partial charge in [-0.3, -0.25) is 0 Å². The Kier molecular flexibility index (Phi) is 4.69. The molecule has 0 N–H and O–H groups in total. The van der Waals surface area contributed by atoms with Gasteiger partial charge in [0.1, 0.15) is 0 Å². The molecular formula is C12H16S. The molecule has 0 saturated heterocycles. The SMILES string of the molecule is CC(C=S)CCCc1ccccc1. The minimum atomic E-state index is 0.582. The second-order valence-electron chi connectivity index (χ2n) is 3.49. The Morgan fingerprint density at radius 3 is 2.62 bits per heavy atom. The summed E-state index contributed by atoms with van der Waals surface area (Å²) in [5.74, 6) is 0.582. The van der Waals surface area contributed by atoms with Gasteiger partial charge in [-0.15, -0.1) is 0 Å². The number of hydrogen-bond acceptors (Lipinski definition) is 1. The van der Waals surface area contributed by atoms with E-state index in [2.05, 4.69) is 37.3 Å². The maximum atomic E-state index is 4.88. The summed E-state index contributed by atoms with van der Waals surface area (Å²) in [6.07, 6.45) is 3.62. The van der Waals surface area contributed by atoms with Gasteiger partial charge in [0.25, 0.3) is 0 Å². The molecule has 70 valence electrons. The lowest BCUT2D eigenvalue weighted by Crippen LogP contribution is -1.95. The highest BCUT2D eigenvalue weighted by molar-refractivity contribution is 7.79. The standard InChI is InChI=1S/C12H16S/c1-11(10-13)6-5-9-12-7-3-2-4-8-12/h2-4,7-8,10-11H,5-6,9H2,1H3. The number of hydrogen-bond donors (Lipinski definition) is 0. The van der Waals surface area contributed by atoms with Gasteiger partial charge < -0.3 is 0 Å². The van der Waals surface area contributed by atoms with E-state index in [9.17, 15) is 0 Å².